The number of pyridine rings is 1. The number of nitriles is 1. The molecule has 3 heteroatoms. The molecule has 0 saturated heterocycles. The van der Waals surface area contributed by atoms with Crippen LogP contribution in [0.25, 0.3) is 0 Å². The van der Waals surface area contributed by atoms with E-state index < -0.39 is 0 Å². The summed E-state index contributed by atoms with van der Waals surface area (Å²) in [5.74, 6) is 0.552. The lowest BCUT2D eigenvalue weighted by molar-refractivity contribution is 0.635. The van der Waals surface area contributed by atoms with E-state index in [1.807, 2.05) is 12.1 Å². The standard InChI is InChI=1S/C10H11ClN2/c1-7(2)5-9-4-3-8(6-12)10(11)13-9/h3-4,7H,5H2,1-2H3. The van der Waals surface area contributed by atoms with Crippen molar-refractivity contribution in [1.82, 2.24) is 4.98 Å². The largest absolute Gasteiger partial charge is 0.240 e. The molecular weight excluding hydrogens is 184 g/mol. The van der Waals surface area contributed by atoms with Gasteiger partial charge in [-0.2, -0.15) is 5.26 Å². The predicted octanol–water partition coefficient (Wildman–Crippen LogP) is 2.81. The van der Waals surface area contributed by atoms with Gasteiger partial charge in [-0.15, -0.1) is 0 Å². The van der Waals surface area contributed by atoms with Crippen molar-refractivity contribution in [2.24, 2.45) is 5.92 Å². The molecule has 0 aromatic carbocycles. The monoisotopic (exact) mass is 194 g/mol. The van der Waals surface area contributed by atoms with Crippen molar-refractivity contribution < 1.29 is 0 Å². The Hall–Kier alpha value is -1.07. The number of hydrogen-bond donors (Lipinski definition) is 0. The molecule has 1 heterocycles. The second-order valence-corrected chi connectivity index (χ2v) is 3.71. The lowest BCUT2D eigenvalue weighted by atomic mass is 10.1. The van der Waals surface area contributed by atoms with Crippen molar-refractivity contribution in [3.8, 4) is 6.07 Å². The van der Waals surface area contributed by atoms with Crippen molar-refractivity contribution in [1.29, 1.82) is 5.26 Å². The van der Waals surface area contributed by atoms with Gasteiger partial charge in [0.1, 0.15) is 11.2 Å². The van der Waals surface area contributed by atoms with Crippen LogP contribution in [0, 0.1) is 17.2 Å². The van der Waals surface area contributed by atoms with Gasteiger partial charge in [0.25, 0.3) is 0 Å². The first-order chi connectivity index (χ1) is 6.13. The summed E-state index contributed by atoms with van der Waals surface area (Å²) in [7, 11) is 0. The number of halogens is 1. The Morgan fingerprint density at radius 1 is 1.54 bits per heavy atom. The van der Waals surface area contributed by atoms with E-state index in [1.54, 1.807) is 6.07 Å². The Labute approximate surface area is 83.2 Å². The van der Waals surface area contributed by atoms with E-state index in [4.69, 9.17) is 16.9 Å². The van der Waals surface area contributed by atoms with E-state index in [2.05, 4.69) is 18.8 Å². The molecule has 0 aliphatic heterocycles. The summed E-state index contributed by atoms with van der Waals surface area (Å²) in [6.45, 7) is 4.24. The third-order valence-corrected chi connectivity index (χ3v) is 1.93. The Balaban J connectivity index is 2.91. The van der Waals surface area contributed by atoms with Gasteiger partial charge in [-0.3, -0.25) is 0 Å². The van der Waals surface area contributed by atoms with Gasteiger partial charge in [-0.05, 0) is 24.5 Å². The Morgan fingerprint density at radius 3 is 2.69 bits per heavy atom. The maximum absolute atomic E-state index is 8.62. The van der Waals surface area contributed by atoms with E-state index in [-0.39, 0.29) is 0 Å². The van der Waals surface area contributed by atoms with Crippen LogP contribution in [-0.4, -0.2) is 4.98 Å². The fourth-order valence-corrected chi connectivity index (χ4v) is 1.30. The fourth-order valence-electron chi connectivity index (χ4n) is 1.09. The SMILES string of the molecule is CC(C)Cc1ccc(C#N)c(Cl)n1. The molecule has 2 nitrogen and oxygen atoms in total. The smallest absolute Gasteiger partial charge is 0.147 e. The highest BCUT2D eigenvalue weighted by Gasteiger charge is 2.03. The second kappa shape index (κ2) is 4.25. The van der Waals surface area contributed by atoms with Crippen LogP contribution in [-0.2, 0) is 6.42 Å². The third-order valence-electron chi connectivity index (χ3n) is 1.64. The highest BCUT2D eigenvalue weighted by Crippen LogP contribution is 2.14. The highest BCUT2D eigenvalue weighted by atomic mass is 35.5. The number of rotatable bonds is 2. The van der Waals surface area contributed by atoms with Crippen molar-refractivity contribution in [2.45, 2.75) is 20.3 Å². The van der Waals surface area contributed by atoms with E-state index in [1.165, 1.54) is 0 Å². The molecule has 68 valence electrons. The summed E-state index contributed by atoms with van der Waals surface area (Å²) in [6.07, 6.45) is 0.894. The summed E-state index contributed by atoms with van der Waals surface area (Å²) in [5.41, 5.74) is 1.38. The van der Waals surface area contributed by atoms with Crippen LogP contribution >= 0.6 is 11.6 Å². The van der Waals surface area contributed by atoms with Gasteiger partial charge >= 0.3 is 0 Å². The highest BCUT2D eigenvalue weighted by molar-refractivity contribution is 6.30. The van der Waals surface area contributed by atoms with Crippen LogP contribution in [0.15, 0.2) is 12.1 Å². The molecule has 1 aromatic rings. The molecule has 0 radical (unpaired) electrons. The minimum absolute atomic E-state index is 0.306. The Bertz CT molecular complexity index is 339. The van der Waals surface area contributed by atoms with Gasteiger partial charge < -0.3 is 0 Å². The van der Waals surface area contributed by atoms with Crippen molar-refractivity contribution in [2.75, 3.05) is 0 Å². The Kier molecular flexibility index (Phi) is 3.27. The molecule has 0 aliphatic rings. The first-order valence-electron chi connectivity index (χ1n) is 4.19. The number of nitrogens with zero attached hydrogens (tertiary/aromatic N) is 2. The number of aromatic nitrogens is 1. The lowest BCUT2D eigenvalue weighted by Crippen LogP contribution is -1.98. The lowest BCUT2D eigenvalue weighted by Gasteiger charge is -2.04. The molecule has 0 saturated carbocycles. The first-order valence-corrected chi connectivity index (χ1v) is 4.56. The van der Waals surface area contributed by atoms with E-state index in [0.717, 1.165) is 12.1 Å². The Morgan fingerprint density at radius 2 is 2.23 bits per heavy atom. The van der Waals surface area contributed by atoms with Gasteiger partial charge in [0.05, 0.1) is 5.56 Å². The molecule has 1 rings (SSSR count). The number of hydrogen-bond acceptors (Lipinski definition) is 2. The zero-order valence-electron chi connectivity index (χ0n) is 7.71. The maximum atomic E-state index is 8.62. The van der Waals surface area contributed by atoms with Gasteiger partial charge in [0.15, 0.2) is 0 Å². The normalized spacial score (nSPS) is 10.1. The van der Waals surface area contributed by atoms with Gasteiger partial charge in [0.2, 0.25) is 0 Å². The molecule has 0 amide bonds. The topological polar surface area (TPSA) is 36.7 Å². The van der Waals surface area contributed by atoms with Crippen molar-refractivity contribution in [3.05, 3.63) is 28.5 Å². The van der Waals surface area contributed by atoms with Crippen LogP contribution in [0.4, 0.5) is 0 Å². The van der Waals surface area contributed by atoms with Gasteiger partial charge in [-0.1, -0.05) is 25.4 Å². The molecule has 0 unspecified atom stereocenters. The van der Waals surface area contributed by atoms with Crippen LogP contribution in [0.3, 0.4) is 0 Å². The molecule has 13 heavy (non-hydrogen) atoms. The fraction of sp³-hybridized carbons (Fsp3) is 0.400. The molecule has 0 spiro atoms. The zero-order valence-corrected chi connectivity index (χ0v) is 8.47. The molecule has 1 aromatic heterocycles. The minimum atomic E-state index is 0.306. The second-order valence-electron chi connectivity index (χ2n) is 3.35. The quantitative estimate of drug-likeness (QED) is 0.679. The summed E-state index contributed by atoms with van der Waals surface area (Å²) in [5, 5.41) is 8.92. The van der Waals surface area contributed by atoms with Crippen molar-refractivity contribution >= 4 is 11.6 Å². The summed E-state index contributed by atoms with van der Waals surface area (Å²) in [6, 6.07) is 5.55. The van der Waals surface area contributed by atoms with Crippen LogP contribution in [0.5, 0.6) is 0 Å². The molecular formula is C10H11ClN2. The maximum Gasteiger partial charge on any atom is 0.147 e. The molecule has 0 N–H and O–H groups in total. The summed E-state index contributed by atoms with van der Waals surface area (Å²) >= 11 is 5.78. The van der Waals surface area contributed by atoms with Crippen LogP contribution < -0.4 is 0 Å². The van der Waals surface area contributed by atoms with Gasteiger partial charge in [0, 0.05) is 5.69 Å². The van der Waals surface area contributed by atoms with Crippen molar-refractivity contribution in [3.63, 3.8) is 0 Å². The average Bonchev–Trinajstić information content (AvgIpc) is 2.03. The predicted molar refractivity (Wildman–Crippen MR) is 52.5 cm³/mol. The van der Waals surface area contributed by atoms with E-state index in [9.17, 15) is 0 Å². The minimum Gasteiger partial charge on any atom is -0.240 e. The average molecular weight is 195 g/mol. The molecule has 0 atom stereocenters. The zero-order chi connectivity index (χ0) is 9.84. The third kappa shape index (κ3) is 2.71. The summed E-state index contributed by atoms with van der Waals surface area (Å²) in [4.78, 5) is 4.13. The van der Waals surface area contributed by atoms with Gasteiger partial charge in [-0.25, -0.2) is 4.98 Å². The van der Waals surface area contributed by atoms with E-state index in [0.29, 0.717) is 16.6 Å². The van der Waals surface area contributed by atoms with Crippen LogP contribution in [0.2, 0.25) is 5.15 Å². The molecule has 0 fully saturated rings. The van der Waals surface area contributed by atoms with Crippen LogP contribution in [0.1, 0.15) is 25.1 Å². The molecule has 0 bridgehead atoms. The summed E-state index contributed by atoms with van der Waals surface area (Å²) < 4.78 is 0. The molecule has 0 aliphatic carbocycles. The first kappa shape index (κ1) is 10.0. The van der Waals surface area contributed by atoms with E-state index >= 15 is 0 Å².